The zero-order chi connectivity index (χ0) is 18.3. The number of hydrogen-bond acceptors (Lipinski definition) is 5. The zero-order valence-corrected chi connectivity index (χ0v) is 14.1. The van der Waals surface area contributed by atoms with Crippen LogP contribution < -0.4 is 10.6 Å². The third-order valence-corrected chi connectivity index (χ3v) is 4.27. The van der Waals surface area contributed by atoms with Gasteiger partial charge in [0.25, 0.3) is 0 Å². The number of nitrogens with two attached hydrogens (primary N) is 1. The fourth-order valence-corrected chi connectivity index (χ4v) is 2.98. The predicted molar refractivity (Wildman–Crippen MR) is 91.5 cm³/mol. The van der Waals surface area contributed by atoms with E-state index in [0.29, 0.717) is 12.2 Å². The van der Waals surface area contributed by atoms with Gasteiger partial charge in [0, 0.05) is 32.5 Å². The summed E-state index contributed by atoms with van der Waals surface area (Å²) >= 11 is 0. The van der Waals surface area contributed by atoms with E-state index in [1.54, 1.807) is 36.0 Å². The molecular formula is C17H17N5O3. The Morgan fingerprint density at radius 3 is 2.72 bits per heavy atom. The van der Waals surface area contributed by atoms with Crippen LogP contribution in [0.15, 0.2) is 24.4 Å². The van der Waals surface area contributed by atoms with Gasteiger partial charge in [-0.1, -0.05) is 0 Å². The van der Waals surface area contributed by atoms with Gasteiger partial charge in [0.2, 0.25) is 0 Å². The largest absolute Gasteiger partial charge is 0.464 e. The SMILES string of the molecule is COC(=O)c1c(N)c(C#N)cn1-c1ccc2c(c1)CN(C)C(=O)N2C. The van der Waals surface area contributed by atoms with Crippen LogP contribution in [0.1, 0.15) is 21.6 Å². The summed E-state index contributed by atoms with van der Waals surface area (Å²) < 4.78 is 6.33. The minimum absolute atomic E-state index is 0.0801. The van der Waals surface area contributed by atoms with Gasteiger partial charge < -0.3 is 19.9 Å². The quantitative estimate of drug-likeness (QED) is 0.839. The Kier molecular flexibility index (Phi) is 3.85. The van der Waals surface area contributed by atoms with Gasteiger partial charge in [-0.05, 0) is 23.8 Å². The first-order chi connectivity index (χ1) is 11.9. The molecule has 2 heterocycles. The van der Waals surface area contributed by atoms with E-state index >= 15 is 0 Å². The van der Waals surface area contributed by atoms with Gasteiger partial charge in [0.1, 0.15) is 6.07 Å². The number of carbonyl (C=O) groups is 2. The molecule has 25 heavy (non-hydrogen) atoms. The van der Waals surface area contributed by atoms with Crippen LogP contribution in [0.25, 0.3) is 5.69 Å². The number of fused-ring (bicyclic) bond motifs is 1. The number of rotatable bonds is 2. The normalized spacial score (nSPS) is 13.4. The van der Waals surface area contributed by atoms with Gasteiger partial charge in [-0.3, -0.25) is 4.90 Å². The molecule has 0 unspecified atom stereocenters. The summed E-state index contributed by atoms with van der Waals surface area (Å²) in [6.07, 6.45) is 1.50. The highest BCUT2D eigenvalue weighted by molar-refractivity contribution is 5.96. The summed E-state index contributed by atoms with van der Waals surface area (Å²) in [6, 6.07) is 7.31. The van der Waals surface area contributed by atoms with Crippen LogP contribution in [0.5, 0.6) is 0 Å². The molecule has 2 N–H and O–H groups in total. The number of anilines is 2. The lowest BCUT2D eigenvalue weighted by Gasteiger charge is -2.33. The van der Waals surface area contributed by atoms with Crippen molar-refractivity contribution in [2.75, 3.05) is 31.8 Å². The van der Waals surface area contributed by atoms with Crippen molar-refractivity contribution >= 4 is 23.4 Å². The Labute approximate surface area is 144 Å². The monoisotopic (exact) mass is 339 g/mol. The Morgan fingerprint density at radius 2 is 2.08 bits per heavy atom. The van der Waals surface area contributed by atoms with Crippen molar-refractivity contribution in [3.05, 3.63) is 41.2 Å². The number of amides is 2. The summed E-state index contributed by atoms with van der Waals surface area (Å²) in [5.74, 6) is -0.624. The number of nitrogens with zero attached hydrogens (tertiary/aromatic N) is 4. The maximum atomic E-state index is 12.1. The number of esters is 1. The van der Waals surface area contributed by atoms with E-state index in [2.05, 4.69) is 0 Å². The molecule has 0 saturated carbocycles. The van der Waals surface area contributed by atoms with Gasteiger partial charge in [0.05, 0.1) is 24.0 Å². The van der Waals surface area contributed by atoms with Crippen molar-refractivity contribution in [3.63, 3.8) is 0 Å². The maximum Gasteiger partial charge on any atom is 0.357 e. The fraction of sp³-hybridized carbons (Fsp3) is 0.235. The van der Waals surface area contributed by atoms with Crippen LogP contribution in [0, 0.1) is 11.3 Å². The van der Waals surface area contributed by atoms with Crippen LogP contribution in [0.2, 0.25) is 0 Å². The molecule has 0 atom stereocenters. The topological polar surface area (TPSA) is 105 Å². The summed E-state index contributed by atoms with van der Waals surface area (Å²) in [6.45, 7) is 0.446. The molecule has 8 heteroatoms. The Balaban J connectivity index is 2.16. The van der Waals surface area contributed by atoms with Gasteiger partial charge >= 0.3 is 12.0 Å². The van der Waals surface area contributed by atoms with Crippen LogP contribution >= 0.6 is 0 Å². The first-order valence-electron chi connectivity index (χ1n) is 7.50. The molecule has 1 aromatic carbocycles. The molecule has 0 saturated heterocycles. The van der Waals surface area contributed by atoms with Crippen molar-refractivity contribution in [2.45, 2.75) is 6.54 Å². The van der Waals surface area contributed by atoms with Gasteiger partial charge in [0.15, 0.2) is 5.69 Å². The van der Waals surface area contributed by atoms with E-state index in [4.69, 9.17) is 10.5 Å². The molecule has 3 rings (SSSR count). The first-order valence-corrected chi connectivity index (χ1v) is 7.50. The van der Waals surface area contributed by atoms with Crippen LogP contribution in [0.4, 0.5) is 16.2 Å². The summed E-state index contributed by atoms with van der Waals surface area (Å²) in [7, 11) is 4.68. The van der Waals surface area contributed by atoms with Crippen molar-refractivity contribution in [3.8, 4) is 11.8 Å². The highest BCUT2D eigenvalue weighted by Crippen LogP contribution is 2.31. The Morgan fingerprint density at radius 1 is 1.36 bits per heavy atom. The highest BCUT2D eigenvalue weighted by Gasteiger charge is 2.27. The lowest BCUT2D eigenvalue weighted by molar-refractivity contribution is 0.0593. The minimum Gasteiger partial charge on any atom is -0.464 e. The second-order valence-corrected chi connectivity index (χ2v) is 5.79. The van der Waals surface area contributed by atoms with E-state index < -0.39 is 5.97 Å². The summed E-state index contributed by atoms with van der Waals surface area (Å²) in [5, 5.41) is 9.20. The predicted octanol–water partition coefficient (Wildman–Crippen LogP) is 1.72. The van der Waals surface area contributed by atoms with Gasteiger partial charge in [-0.15, -0.1) is 0 Å². The number of carbonyl (C=O) groups excluding carboxylic acids is 2. The van der Waals surface area contributed by atoms with Crippen LogP contribution in [0.3, 0.4) is 0 Å². The third-order valence-electron chi connectivity index (χ3n) is 4.27. The number of ether oxygens (including phenoxy) is 1. The molecule has 8 nitrogen and oxygen atoms in total. The number of benzene rings is 1. The second kappa shape index (κ2) is 5.87. The first kappa shape index (κ1) is 16.4. The van der Waals surface area contributed by atoms with E-state index in [1.807, 2.05) is 12.1 Å². The fourth-order valence-electron chi connectivity index (χ4n) is 2.98. The van der Waals surface area contributed by atoms with E-state index in [1.165, 1.54) is 17.9 Å². The number of urea groups is 1. The molecule has 0 spiro atoms. The molecule has 128 valence electrons. The number of nitrogen functional groups attached to an aromatic ring is 1. The van der Waals surface area contributed by atoms with Crippen LogP contribution in [-0.2, 0) is 11.3 Å². The van der Waals surface area contributed by atoms with Crippen molar-refractivity contribution < 1.29 is 14.3 Å². The van der Waals surface area contributed by atoms with Crippen molar-refractivity contribution in [1.82, 2.24) is 9.47 Å². The van der Waals surface area contributed by atoms with E-state index in [9.17, 15) is 14.9 Å². The minimum atomic E-state index is -0.624. The average Bonchev–Trinajstić information content (AvgIpc) is 2.95. The van der Waals surface area contributed by atoms with Gasteiger partial charge in [-0.2, -0.15) is 5.26 Å². The lowest BCUT2D eigenvalue weighted by atomic mass is 10.1. The summed E-state index contributed by atoms with van der Waals surface area (Å²) in [4.78, 5) is 27.3. The third kappa shape index (κ3) is 2.46. The molecule has 0 aliphatic carbocycles. The van der Waals surface area contributed by atoms with Crippen molar-refractivity contribution in [2.24, 2.45) is 0 Å². The van der Waals surface area contributed by atoms with Gasteiger partial charge in [-0.25, -0.2) is 9.59 Å². The number of hydrogen-bond donors (Lipinski definition) is 1. The highest BCUT2D eigenvalue weighted by atomic mass is 16.5. The number of aromatic nitrogens is 1. The molecule has 2 amide bonds. The van der Waals surface area contributed by atoms with Crippen LogP contribution in [-0.4, -0.2) is 42.7 Å². The average molecular weight is 339 g/mol. The smallest absolute Gasteiger partial charge is 0.357 e. The number of nitriles is 1. The Bertz CT molecular complexity index is 925. The summed E-state index contributed by atoms with van der Waals surface area (Å²) in [5.41, 5.74) is 8.68. The molecule has 1 aromatic heterocycles. The van der Waals surface area contributed by atoms with E-state index in [0.717, 1.165) is 11.3 Å². The molecule has 1 aliphatic heterocycles. The van der Waals surface area contributed by atoms with E-state index in [-0.39, 0.29) is 23.0 Å². The molecule has 2 aromatic rings. The standard InChI is InChI=1S/C17H17N5O3/c1-20-8-10-6-12(4-5-13(10)21(2)17(20)24)22-9-11(7-18)14(19)15(22)16(23)25-3/h4-6,9H,8,19H2,1-3H3. The molecule has 1 aliphatic rings. The molecule has 0 radical (unpaired) electrons. The number of methoxy groups -OCH3 is 1. The molecular weight excluding hydrogens is 322 g/mol. The second-order valence-electron chi connectivity index (χ2n) is 5.79. The zero-order valence-electron chi connectivity index (χ0n) is 14.1. The molecule has 0 fully saturated rings. The molecule has 0 bridgehead atoms. The van der Waals surface area contributed by atoms with Crippen molar-refractivity contribution in [1.29, 1.82) is 5.26 Å². The Hall–Kier alpha value is -3.47. The lowest BCUT2D eigenvalue weighted by Crippen LogP contribution is -2.42. The maximum absolute atomic E-state index is 12.1.